The van der Waals surface area contributed by atoms with E-state index in [1.54, 1.807) is 6.20 Å². The highest BCUT2D eigenvalue weighted by Crippen LogP contribution is 2.24. The number of thioether (sulfide) groups is 1. The fourth-order valence-corrected chi connectivity index (χ4v) is 5.74. The summed E-state index contributed by atoms with van der Waals surface area (Å²) in [6.45, 7) is 1.08. The molecule has 2 heterocycles. The minimum absolute atomic E-state index is 0.0155. The predicted octanol–water partition coefficient (Wildman–Crippen LogP) is 3.29. The molecule has 9 heteroatoms. The molecule has 3 atom stereocenters. The maximum absolute atomic E-state index is 13.9. The van der Waals surface area contributed by atoms with Crippen LogP contribution in [0, 0.1) is 0 Å². The zero-order valence-corrected chi connectivity index (χ0v) is 23.0. The second-order valence-corrected chi connectivity index (χ2v) is 10.9. The van der Waals surface area contributed by atoms with Crippen LogP contribution in [0.1, 0.15) is 30.5 Å². The van der Waals surface area contributed by atoms with Crippen molar-refractivity contribution in [3.05, 3.63) is 78.1 Å². The van der Waals surface area contributed by atoms with Crippen molar-refractivity contribution in [2.24, 2.45) is 0 Å². The van der Waals surface area contributed by atoms with E-state index >= 15 is 0 Å². The van der Waals surface area contributed by atoms with Gasteiger partial charge in [-0.15, -0.1) is 0 Å². The van der Waals surface area contributed by atoms with E-state index in [1.807, 2.05) is 71.8 Å². The molecule has 1 aliphatic rings. The van der Waals surface area contributed by atoms with E-state index in [0.29, 0.717) is 24.4 Å². The number of aromatic nitrogens is 1. The van der Waals surface area contributed by atoms with E-state index in [0.717, 1.165) is 35.7 Å². The number of hydrogen-bond acceptors (Lipinski definition) is 7. The number of carbonyl (C=O) groups excluding carboxylic acids is 2. The summed E-state index contributed by atoms with van der Waals surface area (Å²) in [4.78, 5) is 45.3. The van der Waals surface area contributed by atoms with Crippen molar-refractivity contribution in [1.82, 2.24) is 20.5 Å². The Morgan fingerprint density at radius 1 is 1.13 bits per heavy atom. The SMILES string of the molecule is CSCC[C@H](NC(=O)CN(Cc1cccc2ccccc12)C(C(=O)Cc1ccccn1)[C@@H]1CCCN1)C(=O)O. The molecule has 206 valence electrons. The number of carboxylic acids is 1. The number of nitrogens with zero attached hydrogens (tertiary/aromatic N) is 2. The Kier molecular flexibility index (Phi) is 10.5. The third-order valence-electron chi connectivity index (χ3n) is 7.13. The van der Waals surface area contributed by atoms with Gasteiger partial charge < -0.3 is 15.7 Å². The highest BCUT2D eigenvalue weighted by atomic mass is 32.2. The molecule has 1 saturated heterocycles. The molecular formula is C30H36N4O4S. The largest absolute Gasteiger partial charge is 0.480 e. The maximum Gasteiger partial charge on any atom is 0.326 e. The third kappa shape index (κ3) is 7.88. The molecule has 8 nitrogen and oxygen atoms in total. The van der Waals surface area contributed by atoms with Crippen LogP contribution in [0.25, 0.3) is 10.8 Å². The fourth-order valence-electron chi connectivity index (χ4n) is 5.27. The van der Waals surface area contributed by atoms with Crippen LogP contribution in [0.5, 0.6) is 0 Å². The third-order valence-corrected chi connectivity index (χ3v) is 7.77. The molecule has 1 fully saturated rings. The van der Waals surface area contributed by atoms with Gasteiger partial charge in [0.15, 0.2) is 5.78 Å². The molecular weight excluding hydrogens is 512 g/mol. The molecule has 1 aliphatic heterocycles. The summed E-state index contributed by atoms with van der Waals surface area (Å²) in [5.74, 6) is -0.859. The number of carbonyl (C=O) groups is 3. The number of fused-ring (bicyclic) bond motifs is 1. The Morgan fingerprint density at radius 3 is 2.64 bits per heavy atom. The van der Waals surface area contributed by atoms with E-state index in [4.69, 9.17) is 0 Å². The summed E-state index contributed by atoms with van der Waals surface area (Å²) >= 11 is 1.53. The van der Waals surface area contributed by atoms with E-state index in [1.165, 1.54) is 11.8 Å². The second kappa shape index (κ2) is 14.2. The van der Waals surface area contributed by atoms with Crippen molar-refractivity contribution < 1.29 is 19.5 Å². The molecule has 0 bridgehead atoms. The zero-order valence-electron chi connectivity index (χ0n) is 22.2. The molecule has 0 spiro atoms. The molecule has 2 aromatic carbocycles. The molecule has 1 aromatic heterocycles. The number of benzene rings is 2. The number of pyridine rings is 1. The van der Waals surface area contributed by atoms with Crippen molar-refractivity contribution >= 4 is 40.2 Å². The van der Waals surface area contributed by atoms with Crippen molar-refractivity contribution in [1.29, 1.82) is 0 Å². The van der Waals surface area contributed by atoms with Crippen LogP contribution < -0.4 is 10.6 Å². The first kappa shape index (κ1) is 28.7. The van der Waals surface area contributed by atoms with E-state index in [-0.39, 0.29) is 24.8 Å². The minimum Gasteiger partial charge on any atom is -0.480 e. The van der Waals surface area contributed by atoms with Gasteiger partial charge in [-0.2, -0.15) is 11.8 Å². The number of rotatable bonds is 14. The van der Waals surface area contributed by atoms with Gasteiger partial charge >= 0.3 is 5.97 Å². The molecule has 0 saturated carbocycles. The lowest BCUT2D eigenvalue weighted by molar-refractivity contribution is -0.142. The number of aliphatic carboxylic acids is 1. The van der Waals surface area contributed by atoms with Crippen molar-refractivity contribution in [3.8, 4) is 0 Å². The summed E-state index contributed by atoms with van der Waals surface area (Å²) in [6.07, 6.45) is 5.83. The molecule has 3 aromatic rings. The van der Waals surface area contributed by atoms with E-state index in [2.05, 4.69) is 15.6 Å². The summed E-state index contributed by atoms with van der Waals surface area (Å²) in [7, 11) is 0. The molecule has 3 N–H and O–H groups in total. The fraction of sp³-hybridized carbons (Fsp3) is 0.400. The highest BCUT2D eigenvalue weighted by Gasteiger charge is 2.36. The van der Waals surface area contributed by atoms with Gasteiger partial charge in [-0.3, -0.25) is 19.5 Å². The van der Waals surface area contributed by atoms with Crippen molar-refractivity contribution in [2.75, 3.05) is 25.1 Å². The lowest BCUT2D eigenvalue weighted by Crippen LogP contribution is -2.56. The van der Waals surface area contributed by atoms with Crippen LogP contribution in [-0.4, -0.2) is 75.9 Å². The first-order valence-corrected chi connectivity index (χ1v) is 14.7. The number of ketones is 1. The van der Waals surface area contributed by atoms with Crippen LogP contribution in [0.3, 0.4) is 0 Å². The Hall–Kier alpha value is -3.27. The average Bonchev–Trinajstić information content (AvgIpc) is 3.46. The van der Waals surface area contributed by atoms with Gasteiger partial charge in [0.25, 0.3) is 0 Å². The smallest absolute Gasteiger partial charge is 0.326 e. The van der Waals surface area contributed by atoms with Crippen molar-refractivity contribution in [2.45, 2.75) is 50.4 Å². The summed E-state index contributed by atoms with van der Waals surface area (Å²) in [6, 6.07) is 18.0. The topological polar surface area (TPSA) is 112 Å². The van der Waals surface area contributed by atoms with E-state index in [9.17, 15) is 19.5 Å². The van der Waals surface area contributed by atoms with Crippen LogP contribution in [0.15, 0.2) is 66.9 Å². The first-order valence-electron chi connectivity index (χ1n) is 13.3. The van der Waals surface area contributed by atoms with Crippen LogP contribution in [-0.2, 0) is 27.3 Å². The Labute approximate surface area is 233 Å². The number of nitrogens with one attached hydrogen (secondary N) is 2. The Morgan fingerprint density at radius 2 is 1.92 bits per heavy atom. The minimum atomic E-state index is -1.06. The standard InChI is InChI=1S/C30H36N4O4S/c1-39-17-14-26(30(37)38)33-28(36)20-34(19-22-10-6-9-21-8-2-3-12-24(21)22)29(25-13-7-16-32-25)27(35)18-23-11-4-5-15-31-23/h2-6,8-12,15,25-26,29,32H,7,13-14,16-20H2,1H3,(H,33,36)(H,37,38)/t25-,26-,29?/m0/s1. The van der Waals surface area contributed by atoms with Gasteiger partial charge in [0.1, 0.15) is 6.04 Å². The van der Waals surface area contributed by atoms with Crippen LogP contribution in [0.2, 0.25) is 0 Å². The Balaban J connectivity index is 1.66. The van der Waals surface area contributed by atoms with Gasteiger partial charge in [-0.25, -0.2) is 4.79 Å². The molecule has 39 heavy (non-hydrogen) atoms. The molecule has 4 rings (SSSR count). The van der Waals surface area contributed by atoms with Gasteiger partial charge in [-0.05, 0) is 66.3 Å². The van der Waals surface area contributed by atoms with Gasteiger partial charge in [0, 0.05) is 24.5 Å². The zero-order chi connectivity index (χ0) is 27.6. The van der Waals surface area contributed by atoms with Gasteiger partial charge in [0.2, 0.25) is 5.91 Å². The molecule has 1 unspecified atom stereocenters. The number of hydrogen-bond donors (Lipinski definition) is 3. The highest BCUT2D eigenvalue weighted by molar-refractivity contribution is 7.98. The normalized spacial score (nSPS) is 16.7. The van der Waals surface area contributed by atoms with Gasteiger partial charge in [0.05, 0.1) is 19.0 Å². The van der Waals surface area contributed by atoms with Crippen LogP contribution >= 0.6 is 11.8 Å². The number of carboxylic acid groups (broad SMARTS) is 1. The number of amides is 1. The van der Waals surface area contributed by atoms with Crippen LogP contribution in [0.4, 0.5) is 0 Å². The van der Waals surface area contributed by atoms with Gasteiger partial charge in [-0.1, -0.05) is 48.5 Å². The average molecular weight is 549 g/mol. The molecule has 1 amide bonds. The summed E-state index contributed by atoms with van der Waals surface area (Å²) in [5, 5.41) is 18.0. The monoisotopic (exact) mass is 548 g/mol. The molecule has 0 aliphatic carbocycles. The molecule has 0 radical (unpaired) electrons. The summed E-state index contributed by atoms with van der Waals surface area (Å²) < 4.78 is 0. The lowest BCUT2D eigenvalue weighted by atomic mass is 9.95. The van der Waals surface area contributed by atoms with Crippen molar-refractivity contribution in [3.63, 3.8) is 0 Å². The second-order valence-electron chi connectivity index (χ2n) is 9.89. The Bertz CT molecular complexity index is 1260. The maximum atomic E-state index is 13.9. The predicted molar refractivity (Wildman–Crippen MR) is 155 cm³/mol. The quantitative estimate of drug-likeness (QED) is 0.282. The summed E-state index contributed by atoms with van der Waals surface area (Å²) in [5.41, 5.74) is 1.69. The lowest BCUT2D eigenvalue weighted by Gasteiger charge is -2.35. The van der Waals surface area contributed by atoms with E-state index < -0.39 is 24.0 Å². The first-order chi connectivity index (χ1) is 19.0. The number of Topliss-reactive ketones (excluding diaryl/α,β-unsaturated/α-hetero) is 1.